The maximum Gasteiger partial charge on any atom is 0.323 e. The molecule has 4 nitrogen and oxygen atoms in total. The minimum absolute atomic E-state index is 0.291. The van der Waals surface area contributed by atoms with Crippen molar-refractivity contribution in [3.63, 3.8) is 0 Å². The molecule has 0 spiro atoms. The van der Waals surface area contributed by atoms with Crippen LogP contribution in [0.2, 0.25) is 0 Å². The molecule has 2 N–H and O–H groups in total. The van der Waals surface area contributed by atoms with Crippen LogP contribution >= 0.6 is 0 Å². The number of hydrogen-bond donors (Lipinski definition) is 2. The van der Waals surface area contributed by atoms with E-state index in [0.29, 0.717) is 31.6 Å². The molecular weight excluding hydrogens is 261 g/mol. The Morgan fingerprint density at radius 1 is 1.50 bits per heavy atom. The fraction of sp³-hybridized carbons (Fsp3) is 0.533. The van der Waals surface area contributed by atoms with Crippen LogP contribution in [0.4, 0.5) is 4.39 Å². The zero-order valence-corrected chi connectivity index (χ0v) is 12.2. The van der Waals surface area contributed by atoms with Crippen molar-refractivity contribution in [3.8, 4) is 5.75 Å². The molecule has 0 saturated heterocycles. The predicted molar refractivity (Wildman–Crippen MR) is 75.6 cm³/mol. The van der Waals surface area contributed by atoms with Crippen LogP contribution in [0.1, 0.15) is 31.7 Å². The number of nitrogens with one attached hydrogen (secondary N) is 1. The first kappa shape index (κ1) is 16.4. The molecule has 1 atom stereocenters. The lowest BCUT2D eigenvalue weighted by Gasteiger charge is -2.27. The Labute approximate surface area is 119 Å². The van der Waals surface area contributed by atoms with Crippen LogP contribution in [-0.2, 0) is 4.79 Å². The summed E-state index contributed by atoms with van der Waals surface area (Å²) >= 11 is 0. The third kappa shape index (κ3) is 3.93. The quantitative estimate of drug-likeness (QED) is 0.720. The van der Waals surface area contributed by atoms with E-state index < -0.39 is 11.5 Å². The van der Waals surface area contributed by atoms with Gasteiger partial charge in [0.2, 0.25) is 0 Å². The lowest BCUT2D eigenvalue weighted by Crippen LogP contribution is -2.50. The monoisotopic (exact) mass is 283 g/mol. The second-order valence-corrected chi connectivity index (χ2v) is 4.85. The highest BCUT2D eigenvalue weighted by Crippen LogP contribution is 2.21. The standard InChI is InChI=1S/C15H22FNO3/c1-4-15(17-3,14(18)19)8-5-9-20-13-7-6-12(16)10-11(13)2/h6-7,10,17H,4-5,8-9H2,1-3H3,(H,18,19). The molecule has 1 rings (SSSR count). The number of benzene rings is 1. The first-order valence-electron chi connectivity index (χ1n) is 6.76. The largest absolute Gasteiger partial charge is 0.493 e. The lowest BCUT2D eigenvalue weighted by molar-refractivity contribution is -0.145. The van der Waals surface area contributed by atoms with E-state index in [1.807, 2.05) is 6.92 Å². The Kier molecular flexibility index (Phi) is 5.95. The number of halogens is 1. The molecule has 20 heavy (non-hydrogen) atoms. The molecule has 0 amide bonds. The zero-order chi connectivity index (χ0) is 15.2. The minimum atomic E-state index is -0.902. The topological polar surface area (TPSA) is 58.6 Å². The number of likely N-dealkylation sites (N-methyl/N-ethyl adjacent to an activating group) is 1. The number of carboxylic acids is 1. The van der Waals surface area contributed by atoms with E-state index in [9.17, 15) is 14.3 Å². The lowest BCUT2D eigenvalue weighted by atomic mass is 9.91. The first-order valence-corrected chi connectivity index (χ1v) is 6.76. The van der Waals surface area contributed by atoms with Crippen LogP contribution < -0.4 is 10.1 Å². The highest BCUT2D eigenvalue weighted by atomic mass is 19.1. The van der Waals surface area contributed by atoms with Gasteiger partial charge >= 0.3 is 5.97 Å². The molecular formula is C15H22FNO3. The number of rotatable bonds is 8. The fourth-order valence-corrected chi connectivity index (χ4v) is 2.17. The average molecular weight is 283 g/mol. The van der Waals surface area contributed by atoms with Gasteiger partial charge in [-0.05, 0) is 57.0 Å². The number of aliphatic carboxylic acids is 1. The summed E-state index contributed by atoms with van der Waals surface area (Å²) in [6.45, 7) is 4.03. The van der Waals surface area contributed by atoms with Crippen molar-refractivity contribution in [2.24, 2.45) is 0 Å². The molecule has 0 saturated carbocycles. The van der Waals surface area contributed by atoms with E-state index in [1.165, 1.54) is 12.1 Å². The summed E-state index contributed by atoms with van der Waals surface area (Å²) < 4.78 is 18.5. The van der Waals surface area contributed by atoms with Crippen molar-refractivity contribution in [2.45, 2.75) is 38.6 Å². The van der Waals surface area contributed by atoms with Crippen LogP contribution in [0.3, 0.4) is 0 Å². The third-order valence-corrected chi connectivity index (χ3v) is 3.63. The van der Waals surface area contributed by atoms with E-state index in [0.717, 1.165) is 5.56 Å². The van der Waals surface area contributed by atoms with Crippen LogP contribution in [0.5, 0.6) is 5.75 Å². The molecule has 0 aliphatic rings. The summed E-state index contributed by atoms with van der Waals surface area (Å²) in [7, 11) is 1.66. The molecule has 0 aliphatic heterocycles. The Bertz CT molecular complexity index is 458. The fourth-order valence-electron chi connectivity index (χ4n) is 2.17. The Morgan fingerprint density at radius 3 is 2.70 bits per heavy atom. The molecule has 1 unspecified atom stereocenters. The van der Waals surface area contributed by atoms with Gasteiger partial charge < -0.3 is 15.2 Å². The highest BCUT2D eigenvalue weighted by Gasteiger charge is 2.34. The van der Waals surface area contributed by atoms with E-state index in [4.69, 9.17) is 4.74 Å². The van der Waals surface area contributed by atoms with Gasteiger partial charge in [0, 0.05) is 0 Å². The van der Waals surface area contributed by atoms with E-state index in [2.05, 4.69) is 5.32 Å². The highest BCUT2D eigenvalue weighted by molar-refractivity contribution is 5.78. The van der Waals surface area contributed by atoms with Crippen LogP contribution in [0.15, 0.2) is 18.2 Å². The van der Waals surface area contributed by atoms with Gasteiger partial charge in [0.05, 0.1) is 6.61 Å². The second kappa shape index (κ2) is 7.24. The number of carboxylic acid groups (broad SMARTS) is 1. The molecule has 1 aromatic carbocycles. The summed E-state index contributed by atoms with van der Waals surface area (Å²) in [6, 6.07) is 4.35. The van der Waals surface area contributed by atoms with Gasteiger partial charge in [-0.15, -0.1) is 0 Å². The summed E-state index contributed by atoms with van der Waals surface area (Å²) in [5.41, 5.74) is -0.167. The molecule has 0 bridgehead atoms. The first-order chi connectivity index (χ1) is 9.45. The van der Waals surface area contributed by atoms with Gasteiger partial charge in [0.1, 0.15) is 17.1 Å². The zero-order valence-electron chi connectivity index (χ0n) is 12.2. The van der Waals surface area contributed by atoms with Crippen LogP contribution in [0, 0.1) is 12.7 Å². The maximum absolute atomic E-state index is 12.9. The van der Waals surface area contributed by atoms with Gasteiger partial charge in [-0.2, -0.15) is 0 Å². The van der Waals surface area contributed by atoms with Crippen molar-refractivity contribution >= 4 is 5.97 Å². The molecule has 5 heteroatoms. The van der Waals surface area contributed by atoms with E-state index in [1.54, 1.807) is 20.0 Å². The summed E-state index contributed by atoms with van der Waals surface area (Å²) in [4.78, 5) is 11.3. The van der Waals surface area contributed by atoms with Crippen molar-refractivity contribution in [2.75, 3.05) is 13.7 Å². The number of hydrogen-bond acceptors (Lipinski definition) is 3. The van der Waals surface area contributed by atoms with Gasteiger partial charge in [-0.25, -0.2) is 4.39 Å². The van der Waals surface area contributed by atoms with Gasteiger partial charge in [0.15, 0.2) is 0 Å². The smallest absolute Gasteiger partial charge is 0.323 e. The SMILES string of the molecule is CCC(CCCOc1ccc(F)cc1C)(NC)C(=O)O. The third-order valence-electron chi connectivity index (χ3n) is 3.63. The van der Waals surface area contributed by atoms with E-state index in [-0.39, 0.29) is 5.82 Å². The average Bonchev–Trinajstić information content (AvgIpc) is 2.41. The van der Waals surface area contributed by atoms with Gasteiger partial charge in [0.25, 0.3) is 0 Å². The molecule has 0 aliphatic carbocycles. The van der Waals surface area contributed by atoms with Crippen molar-refractivity contribution < 1.29 is 19.0 Å². The molecule has 0 radical (unpaired) electrons. The maximum atomic E-state index is 12.9. The van der Waals surface area contributed by atoms with Crippen molar-refractivity contribution in [3.05, 3.63) is 29.6 Å². The molecule has 0 heterocycles. The number of carbonyl (C=O) groups is 1. The summed E-state index contributed by atoms with van der Waals surface area (Å²) in [5.74, 6) is -0.505. The van der Waals surface area contributed by atoms with Crippen molar-refractivity contribution in [1.82, 2.24) is 5.32 Å². The molecule has 0 aromatic heterocycles. The second-order valence-electron chi connectivity index (χ2n) is 4.85. The van der Waals surface area contributed by atoms with Gasteiger partial charge in [-0.3, -0.25) is 4.79 Å². The Balaban J connectivity index is 2.50. The Hall–Kier alpha value is -1.62. The van der Waals surface area contributed by atoms with Crippen LogP contribution in [-0.4, -0.2) is 30.3 Å². The summed E-state index contributed by atoms with van der Waals surface area (Å²) in [6.07, 6.45) is 1.60. The molecule has 1 aromatic rings. The van der Waals surface area contributed by atoms with E-state index >= 15 is 0 Å². The van der Waals surface area contributed by atoms with Crippen LogP contribution in [0.25, 0.3) is 0 Å². The molecule has 0 fully saturated rings. The predicted octanol–water partition coefficient (Wildman–Crippen LogP) is 2.75. The number of aryl methyl sites for hydroxylation is 1. The Morgan fingerprint density at radius 2 is 2.20 bits per heavy atom. The summed E-state index contributed by atoms with van der Waals surface area (Å²) in [5, 5.41) is 12.1. The number of ether oxygens (including phenoxy) is 1. The normalized spacial score (nSPS) is 13.8. The van der Waals surface area contributed by atoms with Crippen molar-refractivity contribution in [1.29, 1.82) is 0 Å². The molecule has 112 valence electrons. The minimum Gasteiger partial charge on any atom is -0.493 e. The van der Waals surface area contributed by atoms with Gasteiger partial charge in [-0.1, -0.05) is 6.92 Å².